The number of fused-ring (bicyclic) bond motifs is 1. The van der Waals surface area contributed by atoms with Crippen LogP contribution in [0.1, 0.15) is 11.3 Å². The molecule has 0 radical (unpaired) electrons. The van der Waals surface area contributed by atoms with Crippen molar-refractivity contribution in [3.05, 3.63) is 88.3 Å². The van der Waals surface area contributed by atoms with Crippen molar-refractivity contribution in [2.75, 3.05) is 14.1 Å². The van der Waals surface area contributed by atoms with E-state index in [0.717, 1.165) is 16.0 Å². The van der Waals surface area contributed by atoms with Gasteiger partial charge >= 0.3 is 6.18 Å². The maximum Gasteiger partial charge on any atom is 0.453 e. The first-order valence-electron chi connectivity index (χ1n) is 10.2. The highest BCUT2D eigenvalue weighted by molar-refractivity contribution is 5.83. The molecule has 3 aromatic carbocycles. The van der Waals surface area contributed by atoms with E-state index in [4.69, 9.17) is 9.15 Å². The Kier molecular flexibility index (Phi) is 5.86. The molecule has 0 fully saturated rings. The summed E-state index contributed by atoms with van der Waals surface area (Å²) in [5, 5.41) is 10.1. The molecule has 5 nitrogen and oxygen atoms in total. The van der Waals surface area contributed by atoms with Gasteiger partial charge in [-0.15, -0.1) is 0 Å². The number of hydrogen-bond donors (Lipinski definition) is 2. The molecule has 0 saturated heterocycles. The summed E-state index contributed by atoms with van der Waals surface area (Å²) in [4.78, 5) is 13.9. The molecule has 4 aromatic rings. The molecular formula is C25H21F3NO4+. The highest BCUT2D eigenvalue weighted by Gasteiger charge is 2.41. The van der Waals surface area contributed by atoms with Crippen LogP contribution in [0.4, 0.5) is 13.2 Å². The second kappa shape index (κ2) is 8.63. The largest absolute Gasteiger partial charge is 0.507 e. The van der Waals surface area contributed by atoms with E-state index in [2.05, 4.69) is 0 Å². The van der Waals surface area contributed by atoms with Gasteiger partial charge in [0, 0.05) is 0 Å². The Bertz CT molecular complexity index is 1340. The molecule has 4 rings (SSSR count). The molecule has 0 bridgehead atoms. The summed E-state index contributed by atoms with van der Waals surface area (Å²) in [6, 6.07) is 18.3. The monoisotopic (exact) mass is 456 g/mol. The van der Waals surface area contributed by atoms with Gasteiger partial charge in [0.25, 0.3) is 5.76 Å². The number of aromatic hydroxyl groups is 1. The number of rotatable bonds is 5. The summed E-state index contributed by atoms with van der Waals surface area (Å²) < 4.78 is 52.2. The predicted molar refractivity (Wildman–Crippen MR) is 118 cm³/mol. The molecule has 1 aromatic heterocycles. The highest BCUT2D eigenvalue weighted by atomic mass is 19.4. The second-order valence-electron chi connectivity index (χ2n) is 7.90. The Morgan fingerprint density at radius 3 is 2.18 bits per heavy atom. The molecule has 0 atom stereocenters. The predicted octanol–water partition coefficient (Wildman–Crippen LogP) is 4.62. The minimum atomic E-state index is -4.99. The lowest BCUT2D eigenvalue weighted by Gasteiger charge is -2.16. The fraction of sp³-hybridized carbons (Fsp3) is 0.160. The third-order valence-electron chi connectivity index (χ3n) is 5.07. The van der Waals surface area contributed by atoms with Gasteiger partial charge in [0.2, 0.25) is 11.2 Å². The first kappa shape index (κ1) is 22.4. The zero-order valence-electron chi connectivity index (χ0n) is 17.9. The van der Waals surface area contributed by atoms with Gasteiger partial charge in [0.15, 0.2) is 5.58 Å². The molecule has 0 spiro atoms. The minimum Gasteiger partial charge on any atom is -0.507 e. The molecule has 170 valence electrons. The van der Waals surface area contributed by atoms with Crippen molar-refractivity contribution in [2.45, 2.75) is 12.7 Å². The molecule has 0 saturated carbocycles. The van der Waals surface area contributed by atoms with Gasteiger partial charge in [-0.1, -0.05) is 42.5 Å². The van der Waals surface area contributed by atoms with Crippen LogP contribution in [-0.2, 0) is 12.7 Å². The molecule has 0 amide bonds. The number of halogens is 3. The molecule has 33 heavy (non-hydrogen) atoms. The van der Waals surface area contributed by atoms with Crippen molar-refractivity contribution < 1.29 is 32.3 Å². The standard InChI is InChI=1S/C25H20F3NO4/c1-29(2)14-19-20(30)13-12-18-21(31)23(24(25(26,27)28)33-22(18)19)32-17-10-8-16(9-11-17)15-6-4-3-5-7-15/h3-13,30H,14H2,1-2H3/p+1. The van der Waals surface area contributed by atoms with Crippen LogP contribution in [0.3, 0.4) is 0 Å². The fourth-order valence-electron chi connectivity index (χ4n) is 3.55. The van der Waals surface area contributed by atoms with Crippen molar-refractivity contribution in [1.82, 2.24) is 0 Å². The van der Waals surface area contributed by atoms with E-state index in [-0.39, 0.29) is 34.6 Å². The quantitative estimate of drug-likeness (QED) is 0.460. The SMILES string of the molecule is C[NH+](C)Cc1c(O)ccc2c(=O)c(Oc3ccc(-c4ccccc4)cc3)c(C(F)(F)F)oc12. The molecule has 2 N–H and O–H groups in total. The summed E-state index contributed by atoms with van der Waals surface area (Å²) in [6.07, 6.45) is -4.99. The zero-order valence-corrected chi connectivity index (χ0v) is 17.9. The molecular weight excluding hydrogens is 435 g/mol. The van der Waals surface area contributed by atoms with Crippen molar-refractivity contribution in [3.63, 3.8) is 0 Å². The molecule has 0 unspecified atom stereocenters. The van der Waals surface area contributed by atoms with E-state index in [1.165, 1.54) is 24.3 Å². The Hall–Kier alpha value is -3.78. The Labute approximate surface area is 187 Å². The van der Waals surface area contributed by atoms with Gasteiger partial charge in [0.1, 0.15) is 18.0 Å². The summed E-state index contributed by atoms with van der Waals surface area (Å²) in [6.45, 7) is 0.157. The van der Waals surface area contributed by atoms with Crippen molar-refractivity contribution >= 4 is 11.0 Å². The van der Waals surface area contributed by atoms with Gasteiger partial charge in [-0.3, -0.25) is 4.79 Å². The Morgan fingerprint density at radius 2 is 1.58 bits per heavy atom. The average molecular weight is 456 g/mol. The van der Waals surface area contributed by atoms with Crippen LogP contribution >= 0.6 is 0 Å². The maximum absolute atomic E-state index is 13.9. The number of quaternary nitrogens is 1. The number of ether oxygens (including phenoxy) is 1. The number of phenolic OH excluding ortho intramolecular Hbond substituents is 1. The maximum atomic E-state index is 13.9. The summed E-state index contributed by atoms with van der Waals surface area (Å²) in [5.41, 5.74) is 0.622. The van der Waals surface area contributed by atoms with Gasteiger partial charge in [0.05, 0.1) is 25.0 Å². The van der Waals surface area contributed by atoms with E-state index < -0.39 is 23.1 Å². The molecule has 0 aliphatic carbocycles. The first-order valence-corrected chi connectivity index (χ1v) is 10.2. The lowest BCUT2D eigenvalue weighted by Crippen LogP contribution is -3.04. The molecule has 8 heteroatoms. The smallest absolute Gasteiger partial charge is 0.453 e. The minimum absolute atomic E-state index is 0.0589. The number of nitrogens with one attached hydrogen (secondary N) is 1. The van der Waals surface area contributed by atoms with Crippen molar-refractivity contribution in [3.8, 4) is 28.4 Å². The van der Waals surface area contributed by atoms with E-state index >= 15 is 0 Å². The fourth-order valence-corrected chi connectivity index (χ4v) is 3.55. The van der Waals surface area contributed by atoms with Gasteiger partial charge < -0.3 is 19.2 Å². The number of hydrogen-bond acceptors (Lipinski definition) is 4. The van der Waals surface area contributed by atoms with E-state index in [0.29, 0.717) is 0 Å². The lowest BCUT2D eigenvalue weighted by molar-refractivity contribution is -0.872. The van der Waals surface area contributed by atoms with E-state index in [9.17, 15) is 23.1 Å². The Balaban J connectivity index is 1.82. The normalized spacial score (nSPS) is 11.8. The summed E-state index contributed by atoms with van der Waals surface area (Å²) in [7, 11) is 3.52. The van der Waals surface area contributed by atoms with Crippen LogP contribution < -0.4 is 15.1 Å². The lowest BCUT2D eigenvalue weighted by atomic mass is 10.1. The highest BCUT2D eigenvalue weighted by Crippen LogP contribution is 2.40. The average Bonchev–Trinajstić information content (AvgIpc) is 2.77. The van der Waals surface area contributed by atoms with Gasteiger partial charge in [-0.25, -0.2) is 0 Å². The van der Waals surface area contributed by atoms with Crippen LogP contribution in [0.15, 0.2) is 75.9 Å². The van der Waals surface area contributed by atoms with Crippen molar-refractivity contribution in [2.24, 2.45) is 0 Å². The molecule has 0 aliphatic rings. The van der Waals surface area contributed by atoms with Gasteiger partial charge in [-0.05, 0) is 35.4 Å². The topological polar surface area (TPSA) is 64.1 Å². The van der Waals surface area contributed by atoms with Crippen LogP contribution in [0.25, 0.3) is 22.1 Å². The number of alkyl halides is 3. The van der Waals surface area contributed by atoms with Crippen LogP contribution in [0.5, 0.6) is 17.2 Å². The summed E-state index contributed by atoms with van der Waals surface area (Å²) >= 11 is 0. The van der Waals surface area contributed by atoms with Crippen LogP contribution in [0.2, 0.25) is 0 Å². The third-order valence-corrected chi connectivity index (χ3v) is 5.07. The van der Waals surface area contributed by atoms with Gasteiger partial charge in [-0.2, -0.15) is 13.2 Å². The molecule has 0 aliphatic heterocycles. The molecule has 1 heterocycles. The third kappa shape index (κ3) is 4.56. The zero-order chi connectivity index (χ0) is 23.8. The number of phenols is 1. The van der Waals surface area contributed by atoms with Crippen LogP contribution in [0, 0.1) is 0 Å². The number of benzene rings is 3. The van der Waals surface area contributed by atoms with E-state index in [1.54, 1.807) is 26.2 Å². The second-order valence-corrected chi connectivity index (χ2v) is 7.90. The van der Waals surface area contributed by atoms with Crippen molar-refractivity contribution in [1.29, 1.82) is 0 Å². The Morgan fingerprint density at radius 1 is 0.939 bits per heavy atom. The van der Waals surface area contributed by atoms with Crippen LogP contribution in [-0.4, -0.2) is 19.2 Å². The first-order chi connectivity index (χ1) is 15.6. The summed E-state index contributed by atoms with van der Waals surface area (Å²) in [5.74, 6) is -2.68. The van der Waals surface area contributed by atoms with E-state index in [1.807, 2.05) is 30.3 Å².